The van der Waals surface area contributed by atoms with Gasteiger partial charge in [0.2, 0.25) is 17.8 Å². The van der Waals surface area contributed by atoms with Gasteiger partial charge in [-0.15, -0.1) is 0 Å². The van der Waals surface area contributed by atoms with Crippen LogP contribution < -0.4 is 21.3 Å². The van der Waals surface area contributed by atoms with Crippen molar-refractivity contribution < 1.29 is 14.3 Å². The summed E-state index contributed by atoms with van der Waals surface area (Å²) in [6.45, 7) is 2.34. The molecule has 2 amide bonds. The lowest BCUT2D eigenvalue weighted by atomic mass is 9.92. The van der Waals surface area contributed by atoms with Crippen LogP contribution in [0.1, 0.15) is 17.9 Å². The highest BCUT2D eigenvalue weighted by Crippen LogP contribution is 2.37. The smallest absolute Gasteiger partial charge is 0.232 e. The van der Waals surface area contributed by atoms with E-state index in [0.29, 0.717) is 53.5 Å². The van der Waals surface area contributed by atoms with Crippen LogP contribution in [0.25, 0.3) is 0 Å². The summed E-state index contributed by atoms with van der Waals surface area (Å²) in [5, 5.41) is 6.16. The van der Waals surface area contributed by atoms with Gasteiger partial charge >= 0.3 is 0 Å². The van der Waals surface area contributed by atoms with Gasteiger partial charge < -0.3 is 26.0 Å². The highest BCUT2D eigenvalue weighted by Gasteiger charge is 2.35. The van der Waals surface area contributed by atoms with Crippen LogP contribution in [0, 0.1) is 0 Å². The lowest BCUT2D eigenvalue weighted by molar-refractivity contribution is -0.123. The number of amides is 2. The van der Waals surface area contributed by atoms with Gasteiger partial charge in [0.1, 0.15) is 11.6 Å². The molecule has 1 atom stereocenters. The van der Waals surface area contributed by atoms with Crippen LogP contribution in [-0.2, 0) is 14.3 Å². The molecule has 1 aromatic carbocycles. The summed E-state index contributed by atoms with van der Waals surface area (Å²) in [6, 6.07) is 4.72. The van der Waals surface area contributed by atoms with E-state index < -0.39 is 11.8 Å². The third-order valence-corrected chi connectivity index (χ3v) is 5.31. The van der Waals surface area contributed by atoms with Gasteiger partial charge in [-0.2, -0.15) is 9.97 Å². The van der Waals surface area contributed by atoms with Gasteiger partial charge in [0.15, 0.2) is 0 Å². The second-order valence-electron chi connectivity index (χ2n) is 6.69. The molecule has 2 aromatic rings. The maximum absolute atomic E-state index is 12.9. The maximum atomic E-state index is 12.9. The van der Waals surface area contributed by atoms with Crippen molar-refractivity contribution in [2.45, 2.75) is 12.3 Å². The first kappa shape index (κ1) is 19.7. The third-order valence-electron chi connectivity index (χ3n) is 4.76. The molecule has 9 nitrogen and oxygen atoms in total. The molecule has 0 unspecified atom stereocenters. The van der Waals surface area contributed by atoms with E-state index >= 15 is 0 Å². The van der Waals surface area contributed by atoms with Crippen LogP contribution in [0.3, 0.4) is 0 Å². The minimum atomic E-state index is -0.843. The van der Waals surface area contributed by atoms with E-state index in [0.717, 1.165) is 0 Å². The van der Waals surface area contributed by atoms with E-state index in [1.165, 1.54) is 6.07 Å². The van der Waals surface area contributed by atoms with Gasteiger partial charge in [0, 0.05) is 24.5 Å². The quantitative estimate of drug-likeness (QED) is 0.673. The van der Waals surface area contributed by atoms with E-state index in [1.807, 2.05) is 4.90 Å². The summed E-state index contributed by atoms with van der Waals surface area (Å²) < 4.78 is 5.33. The van der Waals surface area contributed by atoms with E-state index in [1.54, 1.807) is 12.1 Å². The Kier molecular flexibility index (Phi) is 5.44. The second kappa shape index (κ2) is 8.02. The zero-order chi connectivity index (χ0) is 20.5. The Balaban J connectivity index is 1.64. The van der Waals surface area contributed by atoms with Crippen LogP contribution in [0.15, 0.2) is 18.2 Å². The van der Waals surface area contributed by atoms with Crippen molar-refractivity contribution in [1.82, 2.24) is 9.97 Å². The number of nitrogens with zero attached hydrogens (tertiary/aromatic N) is 3. The van der Waals surface area contributed by atoms with Gasteiger partial charge in [0.05, 0.1) is 35.4 Å². The molecule has 1 fully saturated rings. The molecule has 0 radical (unpaired) electrons. The van der Waals surface area contributed by atoms with Crippen molar-refractivity contribution in [3.63, 3.8) is 0 Å². The number of benzene rings is 1. The molecular formula is C18H18Cl2N6O3. The van der Waals surface area contributed by atoms with Crippen LogP contribution in [0.5, 0.6) is 0 Å². The number of morpholine rings is 1. The first-order valence-corrected chi connectivity index (χ1v) is 9.74. The molecule has 11 heteroatoms. The van der Waals surface area contributed by atoms with Crippen molar-refractivity contribution in [2.75, 3.05) is 47.6 Å². The molecule has 0 spiro atoms. The molecule has 4 rings (SSSR count). The Morgan fingerprint density at radius 2 is 2.03 bits per heavy atom. The van der Waals surface area contributed by atoms with Gasteiger partial charge in [-0.25, -0.2) is 0 Å². The number of carbonyl (C=O) groups excluding carboxylic acids is 2. The van der Waals surface area contributed by atoms with Crippen molar-refractivity contribution in [3.8, 4) is 0 Å². The van der Waals surface area contributed by atoms with Crippen LogP contribution in [-0.4, -0.2) is 48.1 Å². The van der Waals surface area contributed by atoms with E-state index in [-0.39, 0.29) is 24.0 Å². The zero-order valence-electron chi connectivity index (χ0n) is 15.2. The topological polar surface area (TPSA) is 122 Å². The molecule has 0 aliphatic carbocycles. The van der Waals surface area contributed by atoms with Crippen LogP contribution in [0.2, 0.25) is 10.0 Å². The van der Waals surface area contributed by atoms with E-state index in [2.05, 4.69) is 20.6 Å². The van der Waals surface area contributed by atoms with Gasteiger partial charge in [-0.05, 0) is 18.2 Å². The zero-order valence-corrected chi connectivity index (χ0v) is 16.8. The number of hydrogen-bond acceptors (Lipinski definition) is 7. The highest BCUT2D eigenvalue weighted by molar-refractivity contribution is 6.36. The number of halogens is 2. The number of carbonyl (C=O) groups is 2. The number of nitrogens with one attached hydrogen (secondary N) is 2. The summed E-state index contributed by atoms with van der Waals surface area (Å²) >= 11 is 12.0. The minimum absolute atomic E-state index is 0.0749. The minimum Gasteiger partial charge on any atom is -0.383 e. The highest BCUT2D eigenvalue weighted by atomic mass is 35.5. The average Bonchev–Trinajstić information content (AvgIpc) is 2.69. The van der Waals surface area contributed by atoms with Gasteiger partial charge in [-0.1, -0.05) is 23.2 Å². The Labute approximate surface area is 176 Å². The first-order valence-electron chi connectivity index (χ1n) is 8.98. The Bertz CT molecular complexity index is 980. The molecule has 152 valence electrons. The van der Waals surface area contributed by atoms with E-state index in [9.17, 15) is 9.59 Å². The monoisotopic (exact) mass is 436 g/mol. The second-order valence-corrected chi connectivity index (χ2v) is 7.53. The first-order chi connectivity index (χ1) is 13.9. The molecule has 1 aromatic heterocycles. The van der Waals surface area contributed by atoms with E-state index in [4.69, 9.17) is 33.7 Å². The number of hydrogen-bond donors (Lipinski definition) is 3. The van der Waals surface area contributed by atoms with Gasteiger partial charge in [0.25, 0.3) is 0 Å². The number of nitrogens with two attached hydrogens (primary N) is 1. The maximum Gasteiger partial charge on any atom is 0.232 e. The summed E-state index contributed by atoms with van der Waals surface area (Å²) in [4.78, 5) is 35.9. The molecule has 0 bridgehead atoms. The SMILES string of the molecule is Nc1nc(N2CCOCC2)nc2c1[C@@H](C(=O)Nc1ccc(Cl)cc1Cl)CC(=O)N2. The number of anilines is 4. The lowest BCUT2D eigenvalue weighted by Crippen LogP contribution is -2.38. The molecule has 2 aliphatic heterocycles. The number of rotatable bonds is 3. The number of aromatic nitrogens is 2. The fourth-order valence-corrected chi connectivity index (χ4v) is 3.78. The van der Waals surface area contributed by atoms with Crippen molar-refractivity contribution in [1.29, 1.82) is 0 Å². The average molecular weight is 437 g/mol. The summed E-state index contributed by atoms with van der Waals surface area (Å²) in [6.07, 6.45) is -0.0749. The molecular weight excluding hydrogens is 419 g/mol. The Hall–Kier alpha value is -2.62. The summed E-state index contributed by atoms with van der Waals surface area (Å²) in [5.41, 5.74) is 6.96. The van der Waals surface area contributed by atoms with Crippen molar-refractivity contribution in [2.24, 2.45) is 0 Å². The number of fused-ring (bicyclic) bond motifs is 1. The fraction of sp³-hybridized carbons (Fsp3) is 0.333. The Morgan fingerprint density at radius 1 is 1.28 bits per heavy atom. The molecule has 4 N–H and O–H groups in total. The predicted octanol–water partition coefficient (Wildman–Crippen LogP) is 2.27. The molecule has 0 saturated carbocycles. The normalized spacial score (nSPS) is 18.8. The predicted molar refractivity (Wildman–Crippen MR) is 111 cm³/mol. The third kappa shape index (κ3) is 4.07. The van der Waals surface area contributed by atoms with Crippen LogP contribution >= 0.6 is 23.2 Å². The number of nitrogen functional groups attached to an aromatic ring is 1. The van der Waals surface area contributed by atoms with Crippen molar-refractivity contribution in [3.05, 3.63) is 33.8 Å². The van der Waals surface area contributed by atoms with Crippen LogP contribution in [0.4, 0.5) is 23.3 Å². The lowest BCUT2D eigenvalue weighted by Gasteiger charge is -2.30. The number of ether oxygens (including phenoxy) is 1. The van der Waals surface area contributed by atoms with Crippen molar-refractivity contribution >= 4 is 58.3 Å². The molecule has 29 heavy (non-hydrogen) atoms. The molecule has 1 saturated heterocycles. The summed E-state index contributed by atoms with van der Waals surface area (Å²) in [5.74, 6) is -0.807. The fourth-order valence-electron chi connectivity index (χ4n) is 3.32. The molecule has 3 heterocycles. The largest absolute Gasteiger partial charge is 0.383 e. The standard InChI is InChI=1S/C18H18Cl2N6O3/c19-9-1-2-12(11(20)7-9)22-17(28)10-8-13(27)23-16-14(10)15(21)24-18(25-16)26-3-5-29-6-4-26/h1-2,7,10H,3-6,8H2,(H,22,28)(H3,21,23,24,25,27)/t10-/m0/s1. The molecule has 2 aliphatic rings. The Morgan fingerprint density at radius 3 is 2.76 bits per heavy atom. The van der Waals surface area contributed by atoms with Gasteiger partial charge in [-0.3, -0.25) is 9.59 Å². The summed E-state index contributed by atoms with van der Waals surface area (Å²) in [7, 11) is 0.